The largest absolute Gasteiger partial charge is 0.489 e. The number of carbonyl (C=O) groups is 3. The third-order valence-electron chi connectivity index (χ3n) is 4.92. The first-order chi connectivity index (χ1) is 16.3. The lowest BCUT2D eigenvalue weighted by Gasteiger charge is -2.26. The van der Waals surface area contributed by atoms with E-state index in [4.69, 9.17) is 16.3 Å². The minimum atomic E-state index is -0.996. The molecule has 4 rings (SSSR count). The fourth-order valence-electron chi connectivity index (χ4n) is 3.27. The summed E-state index contributed by atoms with van der Waals surface area (Å²) in [5.41, 5.74) is 0.620. The molecule has 1 aliphatic rings. The van der Waals surface area contributed by atoms with Gasteiger partial charge in [0.25, 0.3) is 17.5 Å². The highest BCUT2D eigenvalue weighted by molar-refractivity contribution is 6.39. The first kappa shape index (κ1) is 22.7. The van der Waals surface area contributed by atoms with E-state index in [1.165, 1.54) is 24.3 Å². The maximum atomic E-state index is 13.0. The van der Waals surface area contributed by atoms with Gasteiger partial charge in [-0.15, -0.1) is 0 Å². The SMILES string of the molecule is O=C1NC(=O)N(c2cccc([N+](=O)[O-])c2)C(=O)/C1=C\c1cccc(OCc2ccccc2Cl)c1. The molecule has 1 aliphatic heterocycles. The second-order valence-electron chi connectivity index (χ2n) is 7.19. The Labute approximate surface area is 198 Å². The van der Waals surface area contributed by atoms with E-state index in [2.05, 4.69) is 5.32 Å². The number of carbonyl (C=O) groups excluding carboxylic acids is 3. The van der Waals surface area contributed by atoms with Crippen molar-refractivity contribution in [1.29, 1.82) is 0 Å². The zero-order valence-corrected chi connectivity index (χ0v) is 18.2. The molecule has 0 radical (unpaired) electrons. The summed E-state index contributed by atoms with van der Waals surface area (Å²) < 4.78 is 5.77. The fourth-order valence-corrected chi connectivity index (χ4v) is 3.47. The molecule has 10 heteroatoms. The number of ether oxygens (including phenoxy) is 1. The molecule has 0 aliphatic carbocycles. The van der Waals surface area contributed by atoms with Gasteiger partial charge in [0.05, 0.1) is 10.6 Å². The van der Waals surface area contributed by atoms with Crippen LogP contribution in [0.3, 0.4) is 0 Å². The van der Waals surface area contributed by atoms with E-state index < -0.39 is 22.8 Å². The number of urea groups is 1. The minimum absolute atomic E-state index is 0.0353. The molecule has 0 atom stereocenters. The molecule has 1 N–H and O–H groups in total. The van der Waals surface area contributed by atoms with E-state index in [1.807, 2.05) is 18.2 Å². The van der Waals surface area contributed by atoms with Crippen LogP contribution in [0.5, 0.6) is 5.75 Å². The molecule has 1 fully saturated rings. The van der Waals surface area contributed by atoms with Gasteiger partial charge in [-0.2, -0.15) is 0 Å². The number of hydrogen-bond acceptors (Lipinski definition) is 6. The number of imide groups is 2. The van der Waals surface area contributed by atoms with E-state index in [0.29, 0.717) is 21.2 Å². The summed E-state index contributed by atoms with van der Waals surface area (Å²) in [6.07, 6.45) is 1.32. The average molecular weight is 478 g/mol. The van der Waals surface area contributed by atoms with Gasteiger partial charge in [-0.3, -0.25) is 25.0 Å². The predicted octanol–water partition coefficient (Wildman–Crippen LogP) is 4.49. The van der Waals surface area contributed by atoms with Crippen molar-refractivity contribution in [3.05, 3.63) is 105 Å². The van der Waals surface area contributed by atoms with Crippen LogP contribution in [0.4, 0.5) is 16.2 Å². The number of nitrogens with zero attached hydrogens (tertiary/aromatic N) is 2. The van der Waals surface area contributed by atoms with Gasteiger partial charge in [0.15, 0.2) is 0 Å². The molecular weight excluding hydrogens is 462 g/mol. The molecule has 1 heterocycles. The monoisotopic (exact) mass is 477 g/mol. The lowest BCUT2D eigenvalue weighted by molar-refractivity contribution is -0.384. The van der Waals surface area contributed by atoms with E-state index in [-0.39, 0.29) is 23.6 Å². The number of amides is 4. The normalized spacial score (nSPS) is 14.8. The third-order valence-corrected chi connectivity index (χ3v) is 5.29. The van der Waals surface area contributed by atoms with Crippen molar-refractivity contribution in [1.82, 2.24) is 5.32 Å². The van der Waals surface area contributed by atoms with E-state index in [0.717, 1.165) is 11.6 Å². The van der Waals surface area contributed by atoms with Crippen LogP contribution < -0.4 is 15.0 Å². The highest BCUT2D eigenvalue weighted by Gasteiger charge is 2.37. The minimum Gasteiger partial charge on any atom is -0.489 e. The highest BCUT2D eigenvalue weighted by atomic mass is 35.5. The Hall–Kier alpha value is -4.50. The van der Waals surface area contributed by atoms with Crippen LogP contribution in [0.25, 0.3) is 6.08 Å². The Kier molecular flexibility index (Phi) is 6.37. The smallest absolute Gasteiger partial charge is 0.335 e. The van der Waals surface area contributed by atoms with Crippen LogP contribution in [-0.4, -0.2) is 22.8 Å². The number of nitro groups is 1. The molecule has 9 nitrogen and oxygen atoms in total. The van der Waals surface area contributed by atoms with Crippen LogP contribution in [0, 0.1) is 10.1 Å². The lowest BCUT2D eigenvalue weighted by Crippen LogP contribution is -2.54. The van der Waals surface area contributed by atoms with Crippen LogP contribution in [0.2, 0.25) is 5.02 Å². The van der Waals surface area contributed by atoms with Crippen molar-refractivity contribution in [2.75, 3.05) is 4.90 Å². The second kappa shape index (κ2) is 9.55. The first-order valence-electron chi connectivity index (χ1n) is 9.95. The van der Waals surface area contributed by atoms with Gasteiger partial charge in [0.2, 0.25) is 0 Å². The molecule has 3 aromatic carbocycles. The number of halogens is 1. The number of anilines is 1. The van der Waals surface area contributed by atoms with Crippen LogP contribution in [0.15, 0.2) is 78.4 Å². The molecule has 170 valence electrons. The maximum absolute atomic E-state index is 13.0. The van der Waals surface area contributed by atoms with Crippen LogP contribution in [0.1, 0.15) is 11.1 Å². The number of nitro benzene ring substituents is 1. The topological polar surface area (TPSA) is 119 Å². The van der Waals surface area contributed by atoms with E-state index in [9.17, 15) is 24.5 Å². The molecule has 0 aromatic heterocycles. The van der Waals surface area contributed by atoms with Crippen molar-refractivity contribution in [3.8, 4) is 5.75 Å². The molecule has 0 bridgehead atoms. The zero-order valence-electron chi connectivity index (χ0n) is 17.4. The Morgan fingerprint density at radius 1 is 1.00 bits per heavy atom. The van der Waals surface area contributed by atoms with E-state index >= 15 is 0 Å². The van der Waals surface area contributed by atoms with Crippen molar-refractivity contribution in [2.24, 2.45) is 0 Å². The summed E-state index contributed by atoms with van der Waals surface area (Å²) in [5.74, 6) is -1.31. The molecular formula is C24H16ClN3O6. The molecule has 4 amide bonds. The summed E-state index contributed by atoms with van der Waals surface area (Å²) in [6.45, 7) is 0.216. The summed E-state index contributed by atoms with van der Waals surface area (Å²) in [4.78, 5) is 48.9. The summed E-state index contributed by atoms with van der Waals surface area (Å²) >= 11 is 6.14. The van der Waals surface area contributed by atoms with Gasteiger partial charge < -0.3 is 4.74 Å². The molecule has 0 spiro atoms. The number of nitrogens with one attached hydrogen (secondary N) is 1. The van der Waals surface area contributed by atoms with Crippen molar-refractivity contribution >= 4 is 46.9 Å². The van der Waals surface area contributed by atoms with Gasteiger partial charge in [-0.25, -0.2) is 9.69 Å². The standard InChI is InChI=1S/C24H16ClN3O6/c25-21-10-2-1-6-16(21)14-34-19-9-3-5-15(11-19)12-20-22(29)26-24(31)27(23(20)30)17-7-4-8-18(13-17)28(32)33/h1-13H,14H2,(H,26,29,31)/b20-12-. The number of hydrogen-bond donors (Lipinski definition) is 1. The lowest BCUT2D eigenvalue weighted by atomic mass is 10.1. The van der Waals surface area contributed by atoms with Gasteiger partial charge in [-0.05, 0) is 35.9 Å². The Bertz CT molecular complexity index is 1350. The molecule has 3 aromatic rings. The first-order valence-corrected chi connectivity index (χ1v) is 10.3. The van der Waals surface area contributed by atoms with Crippen molar-refractivity contribution < 1.29 is 24.0 Å². The fraction of sp³-hybridized carbons (Fsp3) is 0.0417. The quantitative estimate of drug-likeness (QED) is 0.242. The summed E-state index contributed by atoms with van der Waals surface area (Å²) in [5, 5.41) is 13.7. The molecule has 34 heavy (non-hydrogen) atoms. The number of non-ortho nitro benzene ring substituents is 1. The van der Waals surface area contributed by atoms with Gasteiger partial charge >= 0.3 is 6.03 Å². The van der Waals surface area contributed by atoms with Gasteiger partial charge in [0, 0.05) is 22.7 Å². The maximum Gasteiger partial charge on any atom is 0.335 e. The van der Waals surface area contributed by atoms with Crippen LogP contribution >= 0.6 is 11.6 Å². The van der Waals surface area contributed by atoms with Crippen molar-refractivity contribution in [2.45, 2.75) is 6.61 Å². The van der Waals surface area contributed by atoms with Crippen LogP contribution in [-0.2, 0) is 16.2 Å². The third kappa shape index (κ3) is 4.79. The number of rotatable bonds is 6. The van der Waals surface area contributed by atoms with E-state index in [1.54, 1.807) is 30.3 Å². The average Bonchev–Trinajstić information content (AvgIpc) is 2.81. The Morgan fingerprint density at radius 3 is 2.53 bits per heavy atom. The molecule has 0 saturated carbocycles. The number of barbiturate groups is 1. The summed E-state index contributed by atoms with van der Waals surface area (Å²) in [6, 6.07) is 17.9. The highest BCUT2D eigenvalue weighted by Crippen LogP contribution is 2.26. The Balaban J connectivity index is 1.60. The molecule has 0 unspecified atom stereocenters. The summed E-state index contributed by atoms with van der Waals surface area (Å²) in [7, 11) is 0. The predicted molar refractivity (Wildman–Crippen MR) is 124 cm³/mol. The number of benzene rings is 3. The zero-order chi connectivity index (χ0) is 24.2. The second-order valence-corrected chi connectivity index (χ2v) is 7.59. The molecule has 1 saturated heterocycles. The van der Waals surface area contributed by atoms with Gasteiger partial charge in [-0.1, -0.05) is 48.0 Å². The van der Waals surface area contributed by atoms with Gasteiger partial charge in [0.1, 0.15) is 17.9 Å². The van der Waals surface area contributed by atoms with Crippen molar-refractivity contribution in [3.63, 3.8) is 0 Å². The Morgan fingerprint density at radius 2 is 1.76 bits per heavy atom.